The number of nitrogens with zero attached hydrogens (tertiary/aromatic N) is 4. The average molecular weight is 799 g/mol. The van der Waals surface area contributed by atoms with E-state index < -0.39 is 23.3 Å². The summed E-state index contributed by atoms with van der Waals surface area (Å²) in [6.07, 6.45) is -1.14. The molecule has 0 N–H and O–H groups in total. The SMILES string of the molecule is CC(c1nc2ccccc2c(=O)n1-c1ccc(C(F)(F)F)cc1)N(Cc1cccnc1)C(=O)Cc1cc[c-]cc1.[Fm]. The molecule has 0 aliphatic rings. The molecule has 5 aromatic rings. The van der Waals surface area contributed by atoms with Gasteiger partial charge in [0.15, 0.2) is 0 Å². The van der Waals surface area contributed by atoms with E-state index in [2.05, 4.69) is 11.1 Å². The van der Waals surface area contributed by atoms with E-state index in [0.29, 0.717) is 10.9 Å². The van der Waals surface area contributed by atoms with Crippen molar-refractivity contribution in [1.82, 2.24) is 19.4 Å². The van der Waals surface area contributed by atoms with Crippen LogP contribution < -0.4 is 5.56 Å². The van der Waals surface area contributed by atoms with E-state index in [9.17, 15) is 22.8 Å². The van der Waals surface area contributed by atoms with E-state index in [1.165, 1.54) is 16.7 Å². The molecule has 3 aromatic carbocycles. The summed E-state index contributed by atoms with van der Waals surface area (Å²) in [5, 5.41) is 0.309. The minimum atomic E-state index is -4.52. The molecule has 2 aromatic heterocycles. The van der Waals surface area contributed by atoms with Gasteiger partial charge in [-0.1, -0.05) is 18.2 Å². The zero-order valence-electron chi connectivity index (χ0n) is 21.8. The number of benzene rings is 3. The topological polar surface area (TPSA) is 68.1 Å². The normalized spacial score (nSPS) is 12.0. The predicted octanol–water partition coefficient (Wildman–Crippen LogP) is 5.93. The molecule has 1 atom stereocenters. The molecule has 0 spiro atoms. The summed E-state index contributed by atoms with van der Waals surface area (Å²) in [5.74, 6) is 0.00558. The molecule has 0 saturated heterocycles. The number of pyridine rings is 1. The Balaban J connectivity index is 0.00000387. The Labute approximate surface area is 228 Å². The van der Waals surface area contributed by atoms with Crippen LogP contribution in [0.1, 0.15) is 35.5 Å². The molecule has 1 unspecified atom stereocenters. The zero-order valence-corrected chi connectivity index (χ0v) is 24.2. The fourth-order valence-corrected chi connectivity index (χ4v) is 4.56. The molecule has 0 bridgehead atoms. The van der Waals surface area contributed by atoms with Crippen molar-refractivity contribution in [2.75, 3.05) is 0 Å². The number of fused-ring (bicyclic) bond motifs is 1. The number of halogens is 3. The van der Waals surface area contributed by atoms with Gasteiger partial charge in [0.1, 0.15) is 5.82 Å². The monoisotopic (exact) mass is 798 g/mol. The van der Waals surface area contributed by atoms with Crippen molar-refractivity contribution >= 4 is 16.8 Å². The summed E-state index contributed by atoms with van der Waals surface area (Å²) in [4.78, 5) is 38.0. The van der Waals surface area contributed by atoms with Crippen LogP contribution in [0.5, 0.6) is 0 Å². The number of para-hydroxylation sites is 1. The fraction of sp³-hybridized carbons (Fsp3) is 0.161. The van der Waals surface area contributed by atoms with Gasteiger partial charge < -0.3 is 4.90 Å². The number of alkyl halides is 3. The summed E-state index contributed by atoms with van der Waals surface area (Å²) in [6.45, 7) is 1.94. The molecule has 0 aliphatic heterocycles. The Morgan fingerprint density at radius 2 is 1.68 bits per heavy atom. The number of aromatic nitrogens is 3. The number of carbonyl (C=O) groups excluding carboxylic acids is 1. The molecule has 0 saturated carbocycles. The van der Waals surface area contributed by atoms with Crippen LogP contribution in [-0.4, -0.2) is 25.3 Å². The molecule has 10 heteroatoms. The Morgan fingerprint density at radius 1 is 0.976 bits per heavy atom. The van der Waals surface area contributed by atoms with Crippen molar-refractivity contribution in [1.29, 1.82) is 0 Å². The van der Waals surface area contributed by atoms with Crippen LogP contribution in [-0.2, 0) is 23.9 Å². The third kappa shape index (κ3) is 5.95. The first-order valence-electron chi connectivity index (χ1n) is 12.5. The van der Waals surface area contributed by atoms with E-state index in [-0.39, 0.29) is 30.4 Å². The molecular formula is C31H24F3FmN4O2-. The van der Waals surface area contributed by atoms with Crippen molar-refractivity contribution < 1.29 is 18.0 Å². The van der Waals surface area contributed by atoms with Gasteiger partial charge in [-0.3, -0.25) is 19.1 Å². The predicted molar refractivity (Wildman–Crippen MR) is 145 cm³/mol. The molecule has 0 aliphatic carbocycles. The zero-order chi connectivity index (χ0) is 28.3. The van der Waals surface area contributed by atoms with E-state index in [0.717, 1.165) is 23.3 Å². The van der Waals surface area contributed by atoms with Crippen LogP contribution in [0, 0.1) is 6.07 Å². The summed E-state index contributed by atoms with van der Waals surface area (Å²) in [7, 11) is 0. The second-order valence-electron chi connectivity index (χ2n) is 9.32. The van der Waals surface area contributed by atoms with Crippen LogP contribution in [0.15, 0.2) is 102 Å². The van der Waals surface area contributed by atoms with Crippen LogP contribution in [0.4, 0.5) is 13.2 Å². The van der Waals surface area contributed by atoms with Gasteiger partial charge in [0.25, 0.3) is 5.56 Å². The number of carbonyl (C=O) groups is 1. The van der Waals surface area contributed by atoms with Crippen LogP contribution in [0.25, 0.3) is 16.6 Å². The standard InChI is InChI=1S/C31H24F3N4O2.Fm/c1-21(37(20-23-10-7-17-35-19-23)28(39)18-22-8-3-2-4-9-22)29-36-27-12-6-5-11-26(27)30(40)38(29)25-15-13-24(14-16-25)31(32,33)34;/h3-17,19,21H,18,20H2,1H3;/q-1;. The first kappa shape index (κ1) is 28.2. The van der Waals surface area contributed by atoms with Crippen molar-refractivity contribution in [2.45, 2.75) is 32.1 Å². The summed E-state index contributed by atoms with van der Waals surface area (Å²) < 4.78 is 41.1. The molecule has 1 amide bonds. The van der Waals surface area contributed by atoms with E-state index in [4.69, 9.17) is 4.98 Å². The van der Waals surface area contributed by atoms with Crippen LogP contribution in [0.2, 0.25) is 0 Å². The van der Waals surface area contributed by atoms with E-state index in [1.807, 2.05) is 6.07 Å². The van der Waals surface area contributed by atoms with Gasteiger partial charge in [-0.05, 0) is 55.0 Å². The smallest absolute Gasteiger partial charge is 0.328 e. The largest absolute Gasteiger partial charge is 0.416 e. The first-order valence-corrected chi connectivity index (χ1v) is 12.5. The molecule has 5 rings (SSSR count). The molecule has 0 radical (unpaired) electrons. The summed E-state index contributed by atoms with van der Waals surface area (Å²) in [6, 6.07) is 24.0. The number of amides is 1. The van der Waals surface area contributed by atoms with E-state index in [1.54, 1.807) is 78.8 Å². The van der Waals surface area contributed by atoms with Crippen molar-refractivity contribution in [3.63, 3.8) is 0 Å². The van der Waals surface area contributed by atoms with Gasteiger partial charge in [0, 0.05) is 25.4 Å². The second-order valence-corrected chi connectivity index (χ2v) is 9.32. The minimum absolute atomic E-state index is 0. The Hall–Kier alpha value is -5.79. The van der Waals surface area contributed by atoms with Gasteiger partial charge >= 0.3 is 6.18 Å². The number of hydrogen-bond donors (Lipinski definition) is 0. The van der Waals surface area contributed by atoms with Crippen molar-refractivity contribution in [3.05, 3.63) is 136 Å². The summed E-state index contributed by atoms with van der Waals surface area (Å²) in [5.41, 5.74) is 0.920. The van der Waals surface area contributed by atoms with Crippen molar-refractivity contribution in [2.24, 2.45) is 0 Å². The average Bonchev–Trinajstić information content (AvgIpc) is 2.96. The fourth-order valence-electron chi connectivity index (χ4n) is 4.56. The Morgan fingerprint density at radius 3 is 2.34 bits per heavy atom. The quantitative estimate of drug-likeness (QED) is 0.192. The Kier molecular flexibility index (Phi) is 7.94. The summed E-state index contributed by atoms with van der Waals surface area (Å²) >= 11 is 0. The van der Waals surface area contributed by atoms with E-state index >= 15 is 0 Å². The van der Waals surface area contributed by atoms with Gasteiger partial charge in [-0.15, -0.1) is 5.56 Å². The van der Waals surface area contributed by atoms with Gasteiger partial charge in [-0.25, -0.2) is 4.98 Å². The maximum Gasteiger partial charge on any atom is 0.416 e. The van der Waals surface area contributed by atoms with Gasteiger partial charge in [0.05, 0.1) is 28.2 Å². The molecule has 41 heavy (non-hydrogen) atoms. The Bertz CT molecular complexity index is 1690. The molecule has 0 fully saturated rings. The third-order valence-electron chi connectivity index (χ3n) is 6.63. The molecule has 6 nitrogen and oxygen atoms in total. The van der Waals surface area contributed by atoms with Crippen molar-refractivity contribution in [3.8, 4) is 5.69 Å². The minimum Gasteiger partial charge on any atom is -0.328 e. The van der Waals surface area contributed by atoms with Crippen LogP contribution >= 0.6 is 0 Å². The molecule has 2 heterocycles. The molecular weight excluding hydrogens is 774 g/mol. The first-order chi connectivity index (χ1) is 19.2. The maximum absolute atomic E-state index is 13.8. The van der Waals surface area contributed by atoms with Gasteiger partial charge in [0.2, 0.25) is 5.91 Å². The van der Waals surface area contributed by atoms with Crippen LogP contribution in [0.3, 0.4) is 0 Å². The third-order valence-corrected chi connectivity index (χ3v) is 6.63. The van der Waals surface area contributed by atoms with Gasteiger partial charge in [-0.2, -0.15) is 43.5 Å². The second kappa shape index (κ2) is 11.5. The number of hydrogen-bond acceptors (Lipinski definition) is 4. The maximum atomic E-state index is 13.8. The number of rotatable bonds is 7. The molecule has 214 valence electrons.